The first-order chi connectivity index (χ1) is 9.56. The Balaban J connectivity index is 2.21. The molecule has 6 nitrogen and oxygen atoms in total. The second-order valence-electron chi connectivity index (χ2n) is 4.21. The monoisotopic (exact) mass is 292 g/mol. The molecule has 0 saturated carbocycles. The third-order valence-electron chi connectivity index (χ3n) is 2.20. The average molecular weight is 292 g/mol. The van der Waals surface area contributed by atoms with Crippen LogP contribution in [0.2, 0.25) is 0 Å². The van der Waals surface area contributed by atoms with Crippen LogP contribution in [-0.4, -0.2) is 28.2 Å². The number of ether oxygens (including phenoxy) is 2. The van der Waals surface area contributed by atoms with Crippen molar-refractivity contribution in [3.63, 3.8) is 0 Å². The Labute approximate surface area is 121 Å². The third kappa shape index (κ3) is 3.99. The molecule has 2 rings (SSSR count). The number of aromatic nitrogens is 3. The van der Waals surface area contributed by atoms with Gasteiger partial charge in [-0.1, -0.05) is 6.07 Å². The predicted molar refractivity (Wildman–Crippen MR) is 77.1 cm³/mol. The Morgan fingerprint density at radius 3 is 2.70 bits per heavy atom. The van der Waals surface area contributed by atoms with Crippen molar-refractivity contribution in [2.24, 2.45) is 0 Å². The number of nitrogens with zero attached hydrogens (tertiary/aromatic N) is 3. The zero-order valence-corrected chi connectivity index (χ0v) is 12.3. The van der Waals surface area contributed by atoms with E-state index in [1.165, 1.54) is 11.8 Å². The van der Waals surface area contributed by atoms with Crippen LogP contribution in [0.25, 0.3) is 0 Å². The number of nitrogens with two attached hydrogens (primary N) is 1. The fourth-order valence-electron chi connectivity index (χ4n) is 1.43. The van der Waals surface area contributed by atoms with Crippen molar-refractivity contribution >= 4 is 17.7 Å². The number of hydrogen-bond acceptors (Lipinski definition) is 7. The quantitative estimate of drug-likeness (QED) is 0.905. The van der Waals surface area contributed by atoms with Crippen LogP contribution >= 0.6 is 11.8 Å². The molecule has 0 bridgehead atoms. The van der Waals surface area contributed by atoms with Gasteiger partial charge < -0.3 is 15.2 Å². The summed E-state index contributed by atoms with van der Waals surface area (Å²) in [6, 6.07) is 7.85. The van der Waals surface area contributed by atoms with Crippen LogP contribution < -0.4 is 15.2 Å². The molecule has 20 heavy (non-hydrogen) atoms. The molecule has 0 atom stereocenters. The Bertz CT molecular complexity index is 592. The summed E-state index contributed by atoms with van der Waals surface area (Å²) in [4.78, 5) is 13.2. The van der Waals surface area contributed by atoms with E-state index in [9.17, 15) is 0 Å². The summed E-state index contributed by atoms with van der Waals surface area (Å²) in [5.41, 5.74) is 5.66. The molecule has 0 aliphatic carbocycles. The summed E-state index contributed by atoms with van der Waals surface area (Å²) in [5, 5.41) is 0.487. The Kier molecular flexibility index (Phi) is 4.62. The van der Waals surface area contributed by atoms with Crippen LogP contribution in [0.1, 0.15) is 13.8 Å². The fraction of sp³-hybridized carbons (Fsp3) is 0.308. The summed E-state index contributed by atoms with van der Waals surface area (Å²) >= 11 is 1.37. The molecule has 1 heterocycles. The van der Waals surface area contributed by atoms with E-state index in [1.54, 1.807) is 7.11 Å². The maximum absolute atomic E-state index is 5.66. The van der Waals surface area contributed by atoms with Crippen LogP contribution in [0.4, 0.5) is 5.95 Å². The molecule has 7 heteroatoms. The van der Waals surface area contributed by atoms with Gasteiger partial charge in [-0.2, -0.15) is 15.0 Å². The lowest BCUT2D eigenvalue weighted by atomic mass is 10.3. The predicted octanol–water partition coefficient (Wildman–Crippen LogP) is 2.40. The second-order valence-corrected chi connectivity index (χ2v) is 5.25. The van der Waals surface area contributed by atoms with Crippen molar-refractivity contribution in [2.75, 3.05) is 12.8 Å². The number of nitrogen functional groups attached to an aromatic ring is 1. The summed E-state index contributed by atoms with van der Waals surface area (Å²) in [7, 11) is 1.62. The van der Waals surface area contributed by atoms with E-state index in [-0.39, 0.29) is 18.1 Å². The lowest BCUT2D eigenvalue weighted by Crippen LogP contribution is -2.10. The number of benzene rings is 1. The molecular weight excluding hydrogens is 276 g/mol. The maximum atomic E-state index is 5.66. The molecule has 0 saturated heterocycles. The van der Waals surface area contributed by atoms with Gasteiger partial charge in [0, 0.05) is 4.90 Å². The first kappa shape index (κ1) is 14.4. The van der Waals surface area contributed by atoms with E-state index in [2.05, 4.69) is 15.0 Å². The molecule has 0 aliphatic rings. The van der Waals surface area contributed by atoms with Crippen LogP contribution in [0.15, 0.2) is 34.3 Å². The standard InChI is InChI=1S/C13H16N4O2S/c1-8(2)19-12-15-11(14)16-13(17-12)20-10-6-4-5-9(7-10)18-3/h4-8H,1-3H3,(H2,14,15,16,17). The molecule has 106 valence electrons. The minimum Gasteiger partial charge on any atom is -0.497 e. The van der Waals surface area contributed by atoms with E-state index >= 15 is 0 Å². The van der Waals surface area contributed by atoms with Gasteiger partial charge in [0.15, 0.2) is 0 Å². The largest absolute Gasteiger partial charge is 0.497 e. The number of rotatable bonds is 5. The SMILES string of the molecule is COc1cccc(Sc2nc(N)nc(OC(C)C)n2)c1. The smallest absolute Gasteiger partial charge is 0.322 e. The zero-order chi connectivity index (χ0) is 14.5. The lowest BCUT2D eigenvalue weighted by Gasteiger charge is -2.09. The highest BCUT2D eigenvalue weighted by molar-refractivity contribution is 7.99. The van der Waals surface area contributed by atoms with Crippen molar-refractivity contribution in [1.82, 2.24) is 15.0 Å². The molecular formula is C13H16N4O2S. The number of hydrogen-bond donors (Lipinski definition) is 1. The second kappa shape index (κ2) is 6.42. The van der Waals surface area contributed by atoms with Crippen molar-refractivity contribution in [2.45, 2.75) is 30.0 Å². The van der Waals surface area contributed by atoms with Gasteiger partial charge in [-0.15, -0.1) is 0 Å². The van der Waals surface area contributed by atoms with Crippen molar-refractivity contribution in [3.05, 3.63) is 24.3 Å². The third-order valence-corrected chi connectivity index (χ3v) is 3.06. The summed E-state index contributed by atoms with van der Waals surface area (Å²) in [6.07, 6.45) is -0.0218. The van der Waals surface area contributed by atoms with Crippen molar-refractivity contribution < 1.29 is 9.47 Å². The Morgan fingerprint density at radius 1 is 1.20 bits per heavy atom. The highest BCUT2D eigenvalue weighted by Crippen LogP contribution is 2.28. The van der Waals surface area contributed by atoms with Crippen molar-refractivity contribution in [1.29, 1.82) is 0 Å². The fourth-order valence-corrected chi connectivity index (χ4v) is 2.23. The highest BCUT2D eigenvalue weighted by atomic mass is 32.2. The van der Waals surface area contributed by atoms with Crippen LogP contribution in [0.5, 0.6) is 11.8 Å². The minimum atomic E-state index is -0.0218. The minimum absolute atomic E-state index is 0.0218. The van der Waals surface area contributed by atoms with E-state index in [1.807, 2.05) is 38.1 Å². The maximum Gasteiger partial charge on any atom is 0.322 e. The van der Waals surface area contributed by atoms with Gasteiger partial charge in [-0.25, -0.2) is 0 Å². The van der Waals surface area contributed by atoms with Crippen molar-refractivity contribution in [3.8, 4) is 11.8 Å². The molecule has 0 amide bonds. The normalized spacial score (nSPS) is 10.6. The molecule has 0 fully saturated rings. The van der Waals surface area contributed by atoms with Crippen LogP contribution in [0, 0.1) is 0 Å². The molecule has 2 aromatic rings. The molecule has 0 spiro atoms. The first-order valence-electron chi connectivity index (χ1n) is 6.07. The van der Waals surface area contributed by atoms with Gasteiger partial charge in [0.1, 0.15) is 5.75 Å². The molecule has 2 N–H and O–H groups in total. The number of methoxy groups -OCH3 is 1. The molecule has 0 aliphatic heterocycles. The van der Waals surface area contributed by atoms with Gasteiger partial charge in [0.25, 0.3) is 0 Å². The van der Waals surface area contributed by atoms with E-state index in [4.69, 9.17) is 15.2 Å². The van der Waals surface area contributed by atoms with E-state index in [0.717, 1.165) is 10.6 Å². The van der Waals surface area contributed by atoms with Gasteiger partial charge in [0.2, 0.25) is 11.1 Å². The van der Waals surface area contributed by atoms with E-state index in [0.29, 0.717) is 5.16 Å². The highest BCUT2D eigenvalue weighted by Gasteiger charge is 2.09. The average Bonchev–Trinajstić information content (AvgIpc) is 2.37. The zero-order valence-electron chi connectivity index (χ0n) is 11.5. The Hall–Kier alpha value is -2.02. The first-order valence-corrected chi connectivity index (χ1v) is 6.88. The molecule has 0 radical (unpaired) electrons. The van der Waals surface area contributed by atoms with Gasteiger partial charge in [-0.05, 0) is 43.8 Å². The van der Waals surface area contributed by atoms with Crippen LogP contribution in [-0.2, 0) is 0 Å². The molecule has 1 aromatic heterocycles. The van der Waals surface area contributed by atoms with Gasteiger partial charge in [-0.3, -0.25) is 0 Å². The van der Waals surface area contributed by atoms with Gasteiger partial charge >= 0.3 is 6.01 Å². The Morgan fingerprint density at radius 2 is 2.00 bits per heavy atom. The topological polar surface area (TPSA) is 83.2 Å². The summed E-state index contributed by atoms with van der Waals surface area (Å²) < 4.78 is 10.6. The lowest BCUT2D eigenvalue weighted by molar-refractivity contribution is 0.219. The summed E-state index contributed by atoms with van der Waals surface area (Å²) in [6.45, 7) is 3.80. The molecule has 0 unspecified atom stereocenters. The van der Waals surface area contributed by atoms with E-state index < -0.39 is 0 Å². The number of anilines is 1. The summed E-state index contributed by atoms with van der Waals surface area (Å²) in [5.74, 6) is 0.914. The van der Waals surface area contributed by atoms with Gasteiger partial charge in [0.05, 0.1) is 13.2 Å². The van der Waals surface area contributed by atoms with Crippen LogP contribution in [0.3, 0.4) is 0 Å². The molecule has 1 aromatic carbocycles.